The Morgan fingerprint density at radius 2 is 2.05 bits per heavy atom. The van der Waals surface area contributed by atoms with Gasteiger partial charge in [-0.15, -0.1) is 0 Å². The van der Waals surface area contributed by atoms with E-state index in [4.69, 9.17) is 0 Å². The maximum absolute atomic E-state index is 9.40. The van der Waals surface area contributed by atoms with Crippen LogP contribution in [0, 0.1) is 22.7 Å². The van der Waals surface area contributed by atoms with E-state index in [1.807, 2.05) is 6.07 Å². The minimum atomic E-state index is -0.270. The molecule has 22 heavy (non-hydrogen) atoms. The standard InChI is InChI=1S/C19H28N2O/c1-19(2,14-20)17-9-6-10-18(17)21-13-16(11-12-22)15-7-4-3-5-8-15/h3-5,7-8,16-18,21-22H,6,9-13H2,1-2H3. The average Bonchev–Trinajstić information content (AvgIpc) is 3.01. The molecule has 0 bridgehead atoms. The van der Waals surface area contributed by atoms with Crippen LogP contribution >= 0.6 is 0 Å². The zero-order valence-corrected chi connectivity index (χ0v) is 13.8. The molecule has 2 rings (SSSR count). The quantitative estimate of drug-likeness (QED) is 0.811. The number of aliphatic hydroxyl groups excluding tert-OH is 1. The lowest BCUT2D eigenvalue weighted by Gasteiger charge is -2.31. The lowest BCUT2D eigenvalue weighted by Crippen LogP contribution is -2.41. The Bertz CT molecular complexity index is 492. The van der Waals surface area contributed by atoms with Gasteiger partial charge < -0.3 is 10.4 Å². The maximum Gasteiger partial charge on any atom is 0.0687 e. The molecule has 0 heterocycles. The number of nitrogens with one attached hydrogen (secondary N) is 1. The highest BCUT2D eigenvalue weighted by atomic mass is 16.3. The van der Waals surface area contributed by atoms with Gasteiger partial charge in [0, 0.05) is 19.2 Å². The van der Waals surface area contributed by atoms with Gasteiger partial charge in [0.1, 0.15) is 0 Å². The van der Waals surface area contributed by atoms with E-state index in [9.17, 15) is 10.4 Å². The van der Waals surface area contributed by atoms with Gasteiger partial charge in [-0.25, -0.2) is 0 Å². The van der Waals surface area contributed by atoms with Crippen LogP contribution in [-0.2, 0) is 0 Å². The Hall–Kier alpha value is -1.37. The van der Waals surface area contributed by atoms with Gasteiger partial charge >= 0.3 is 0 Å². The van der Waals surface area contributed by atoms with Gasteiger partial charge in [-0.1, -0.05) is 36.8 Å². The molecule has 0 saturated heterocycles. The second-order valence-corrected chi connectivity index (χ2v) is 7.01. The summed E-state index contributed by atoms with van der Waals surface area (Å²) in [5.74, 6) is 0.751. The monoisotopic (exact) mass is 300 g/mol. The van der Waals surface area contributed by atoms with Gasteiger partial charge in [-0.05, 0) is 50.5 Å². The molecule has 1 aliphatic rings. The van der Waals surface area contributed by atoms with Crippen LogP contribution in [0.5, 0.6) is 0 Å². The summed E-state index contributed by atoms with van der Waals surface area (Å²) in [6, 6.07) is 13.3. The van der Waals surface area contributed by atoms with Crippen molar-refractivity contribution < 1.29 is 5.11 Å². The van der Waals surface area contributed by atoms with E-state index < -0.39 is 0 Å². The Morgan fingerprint density at radius 3 is 2.68 bits per heavy atom. The fourth-order valence-corrected chi connectivity index (χ4v) is 3.71. The molecule has 120 valence electrons. The van der Waals surface area contributed by atoms with Gasteiger partial charge in [-0.2, -0.15) is 5.26 Å². The molecule has 1 saturated carbocycles. The third-order valence-corrected chi connectivity index (χ3v) is 5.11. The van der Waals surface area contributed by atoms with Crippen molar-refractivity contribution in [3.8, 4) is 6.07 Å². The molecule has 3 nitrogen and oxygen atoms in total. The summed E-state index contributed by atoms with van der Waals surface area (Å²) in [6.45, 7) is 5.19. The molecule has 0 amide bonds. The highest BCUT2D eigenvalue weighted by Crippen LogP contribution is 2.39. The minimum Gasteiger partial charge on any atom is -0.396 e. The highest BCUT2D eigenvalue weighted by Gasteiger charge is 2.38. The van der Waals surface area contributed by atoms with E-state index in [-0.39, 0.29) is 12.0 Å². The van der Waals surface area contributed by atoms with E-state index in [0.717, 1.165) is 25.8 Å². The van der Waals surface area contributed by atoms with Gasteiger partial charge in [0.05, 0.1) is 11.5 Å². The SMILES string of the molecule is CC(C)(C#N)C1CCCC1NCC(CCO)c1ccccc1. The molecule has 3 heteroatoms. The molecule has 3 unspecified atom stereocenters. The zero-order valence-electron chi connectivity index (χ0n) is 13.8. The molecular formula is C19H28N2O. The van der Waals surface area contributed by atoms with Crippen molar-refractivity contribution in [1.29, 1.82) is 5.26 Å². The van der Waals surface area contributed by atoms with E-state index in [1.165, 1.54) is 12.0 Å². The van der Waals surface area contributed by atoms with Crippen LogP contribution in [0.15, 0.2) is 30.3 Å². The second-order valence-electron chi connectivity index (χ2n) is 7.01. The summed E-state index contributed by atoms with van der Waals surface area (Å²) < 4.78 is 0. The smallest absolute Gasteiger partial charge is 0.0687 e. The highest BCUT2D eigenvalue weighted by molar-refractivity contribution is 5.20. The van der Waals surface area contributed by atoms with Gasteiger partial charge in [0.15, 0.2) is 0 Å². The van der Waals surface area contributed by atoms with E-state index in [0.29, 0.717) is 17.9 Å². The Morgan fingerprint density at radius 1 is 1.32 bits per heavy atom. The third kappa shape index (κ3) is 4.09. The van der Waals surface area contributed by atoms with Crippen molar-refractivity contribution in [2.45, 2.75) is 51.5 Å². The van der Waals surface area contributed by atoms with Crippen LogP contribution in [0.4, 0.5) is 0 Å². The minimum absolute atomic E-state index is 0.207. The van der Waals surface area contributed by atoms with E-state index in [2.05, 4.69) is 49.5 Å². The molecule has 0 radical (unpaired) electrons. The summed E-state index contributed by atoms with van der Waals surface area (Å²) in [6.07, 6.45) is 4.25. The molecule has 1 aliphatic carbocycles. The van der Waals surface area contributed by atoms with Crippen molar-refractivity contribution >= 4 is 0 Å². The zero-order chi connectivity index (χ0) is 16.0. The molecule has 3 atom stereocenters. The number of nitrogens with zero attached hydrogens (tertiary/aromatic N) is 1. The lowest BCUT2D eigenvalue weighted by molar-refractivity contribution is 0.235. The van der Waals surface area contributed by atoms with E-state index >= 15 is 0 Å². The summed E-state index contributed by atoms with van der Waals surface area (Å²) in [5.41, 5.74) is 1.01. The van der Waals surface area contributed by atoms with Crippen molar-refractivity contribution in [2.24, 2.45) is 11.3 Å². The molecule has 0 spiro atoms. The van der Waals surface area contributed by atoms with Crippen molar-refractivity contribution in [3.63, 3.8) is 0 Å². The van der Waals surface area contributed by atoms with Crippen LogP contribution in [0.1, 0.15) is 51.0 Å². The molecule has 1 aromatic carbocycles. The van der Waals surface area contributed by atoms with E-state index in [1.54, 1.807) is 0 Å². The van der Waals surface area contributed by atoms with Crippen molar-refractivity contribution in [2.75, 3.05) is 13.2 Å². The van der Waals surface area contributed by atoms with Crippen molar-refractivity contribution in [1.82, 2.24) is 5.32 Å². The number of nitriles is 1. The topological polar surface area (TPSA) is 56.0 Å². The number of aliphatic hydroxyl groups is 1. The fourth-order valence-electron chi connectivity index (χ4n) is 3.71. The molecule has 1 fully saturated rings. The summed E-state index contributed by atoms with van der Waals surface area (Å²) >= 11 is 0. The number of benzene rings is 1. The molecule has 0 aromatic heterocycles. The van der Waals surface area contributed by atoms with Crippen LogP contribution in [0.25, 0.3) is 0 Å². The Labute approximate surface area is 134 Å². The van der Waals surface area contributed by atoms with Crippen molar-refractivity contribution in [3.05, 3.63) is 35.9 Å². The molecule has 0 aliphatic heterocycles. The Balaban J connectivity index is 1.99. The first-order chi connectivity index (χ1) is 10.6. The predicted octanol–water partition coefficient (Wildman–Crippen LogP) is 3.46. The summed E-state index contributed by atoms with van der Waals surface area (Å²) in [4.78, 5) is 0. The van der Waals surface area contributed by atoms with Gasteiger partial charge in [0.25, 0.3) is 0 Å². The third-order valence-electron chi connectivity index (χ3n) is 5.11. The lowest BCUT2D eigenvalue weighted by atomic mass is 9.77. The number of hydrogen-bond acceptors (Lipinski definition) is 3. The summed E-state index contributed by atoms with van der Waals surface area (Å²) in [5, 5.41) is 22.4. The molecule has 2 N–H and O–H groups in total. The normalized spacial score (nSPS) is 23.2. The first kappa shape index (κ1) is 17.0. The number of rotatable bonds is 7. The largest absolute Gasteiger partial charge is 0.396 e. The fraction of sp³-hybridized carbons (Fsp3) is 0.632. The van der Waals surface area contributed by atoms with Crippen LogP contribution in [-0.4, -0.2) is 24.3 Å². The average molecular weight is 300 g/mol. The van der Waals surface area contributed by atoms with Crippen LogP contribution in [0.2, 0.25) is 0 Å². The predicted molar refractivity (Wildman–Crippen MR) is 89.4 cm³/mol. The number of hydrogen-bond donors (Lipinski definition) is 2. The maximum atomic E-state index is 9.40. The second kappa shape index (κ2) is 7.76. The molecular weight excluding hydrogens is 272 g/mol. The first-order valence-corrected chi connectivity index (χ1v) is 8.39. The first-order valence-electron chi connectivity index (χ1n) is 8.39. The Kier molecular flexibility index (Phi) is 5.99. The van der Waals surface area contributed by atoms with Crippen LogP contribution < -0.4 is 5.32 Å². The van der Waals surface area contributed by atoms with Crippen LogP contribution in [0.3, 0.4) is 0 Å². The van der Waals surface area contributed by atoms with Gasteiger partial charge in [-0.3, -0.25) is 0 Å². The van der Waals surface area contributed by atoms with Gasteiger partial charge in [0.2, 0.25) is 0 Å². The molecule has 1 aromatic rings. The summed E-state index contributed by atoms with van der Waals surface area (Å²) in [7, 11) is 0.